The van der Waals surface area contributed by atoms with Gasteiger partial charge in [-0.05, 0) is 37.1 Å². The predicted octanol–water partition coefficient (Wildman–Crippen LogP) is 3.78. The van der Waals surface area contributed by atoms with E-state index in [0.29, 0.717) is 17.9 Å². The summed E-state index contributed by atoms with van der Waals surface area (Å²) in [4.78, 5) is 62.6. The van der Waals surface area contributed by atoms with Gasteiger partial charge in [0.2, 0.25) is 5.95 Å². The molecule has 3 aromatic rings. The number of carboxylic acid groups (broad SMARTS) is 2. The average Bonchev–Trinajstić information content (AvgIpc) is 3.01. The Bertz CT molecular complexity index is 1460. The topological polar surface area (TPSA) is 217 Å². The van der Waals surface area contributed by atoms with Gasteiger partial charge in [-0.3, -0.25) is 14.4 Å². The number of carboxylic acids is 2. The van der Waals surface area contributed by atoms with Crippen molar-refractivity contribution in [1.82, 2.24) is 30.7 Å². The van der Waals surface area contributed by atoms with Crippen molar-refractivity contribution in [2.45, 2.75) is 96.6 Å². The number of hydrazine groups is 1. The molecule has 2 heterocycles. The van der Waals surface area contributed by atoms with Crippen LogP contribution in [0.4, 0.5) is 11.6 Å². The standard InChI is InChI=1S/C31H44N8O6/c1-2-3-4-5-6-7-8-9-10-11-18-34-39(20-22-19-33-27-26(35-22)29(43)38-31(32)37-27)23-14-12-21(13-15-23)28(42)36-24(30(44)45)16-17-25(40)41/h12-15,19,24,34H,2-11,16-18,20H2,1H3,(H,36,42)(H,40,41)(H,44,45)(H3,32,33,37,38,43)/t24-/m0/s1. The molecule has 14 nitrogen and oxygen atoms in total. The second kappa shape index (κ2) is 18.3. The van der Waals surface area contributed by atoms with E-state index in [-0.39, 0.29) is 42.1 Å². The minimum Gasteiger partial charge on any atom is -0.481 e. The van der Waals surface area contributed by atoms with Gasteiger partial charge in [-0.15, -0.1) is 0 Å². The van der Waals surface area contributed by atoms with Crippen LogP contribution in [0.5, 0.6) is 0 Å². The number of hydrogen-bond donors (Lipinski definition) is 6. The van der Waals surface area contributed by atoms with Crippen molar-refractivity contribution in [3.8, 4) is 0 Å². The number of benzene rings is 1. The monoisotopic (exact) mass is 624 g/mol. The summed E-state index contributed by atoms with van der Waals surface area (Å²) in [6.45, 7) is 3.15. The number of unbranched alkanes of at least 4 members (excludes halogenated alkanes) is 9. The van der Waals surface area contributed by atoms with Crippen molar-refractivity contribution in [2.24, 2.45) is 0 Å². The lowest BCUT2D eigenvalue weighted by Crippen LogP contribution is -2.41. The molecule has 1 atom stereocenters. The number of nitrogens with zero attached hydrogens (tertiary/aromatic N) is 4. The molecule has 1 amide bonds. The fraction of sp³-hybridized carbons (Fsp3) is 0.516. The molecule has 1 aromatic carbocycles. The number of carbonyl (C=O) groups is 3. The Morgan fingerprint density at radius 3 is 2.22 bits per heavy atom. The molecule has 7 N–H and O–H groups in total. The van der Waals surface area contributed by atoms with Crippen molar-refractivity contribution in [3.05, 3.63) is 52.1 Å². The van der Waals surface area contributed by atoms with Crippen molar-refractivity contribution in [3.63, 3.8) is 0 Å². The van der Waals surface area contributed by atoms with Crippen LogP contribution in [0.3, 0.4) is 0 Å². The molecule has 0 radical (unpaired) electrons. The fourth-order valence-electron chi connectivity index (χ4n) is 4.84. The molecular formula is C31H44N8O6. The molecule has 0 aliphatic rings. The normalized spacial score (nSPS) is 11.8. The van der Waals surface area contributed by atoms with Crippen LogP contribution in [0.25, 0.3) is 11.2 Å². The summed E-state index contributed by atoms with van der Waals surface area (Å²) in [6, 6.07) is 5.19. The first-order chi connectivity index (χ1) is 21.7. The smallest absolute Gasteiger partial charge is 0.326 e. The predicted molar refractivity (Wildman–Crippen MR) is 171 cm³/mol. The van der Waals surface area contributed by atoms with E-state index in [4.69, 9.17) is 10.8 Å². The van der Waals surface area contributed by atoms with Gasteiger partial charge in [0.05, 0.1) is 24.1 Å². The molecular weight excluding hydrogens is 580 g/mol. The van der Waals surface area contributed by atoms with Crippen LogP contribution in [0, 0.1) is 0 Å². The van der Waals surface area contributed by atoms with Crippen LogP contribution in [-0.2, 0) is 16.1 Å². The number of aliphatic carboxylic acids is 2. The number of hydrogen-bond acceptors (Lipinski definition) is 10. The van der Waals surface area contributed by atoms with Crippen LogP contribution in [-0.4, -0.2) is 60.6 Å². The minimum absolute atomic E-state index is 0.0463. The number of nitrogens with two attached hydrogens (primary N) is 1. The van der Waals surface area contributed by atoms with Gasteiger partial charge in [0.15, 0.2) is 11.2 Å². The molecule has 0 saturated carbocycles. The molecule has 0 unspecified atom stereocenters. The third-order valence-corrected chi connectivity index (χ3v) is 7.34. The average molecular weight is 625 g/mol. The first-order valence-corrected chi connectivity index (χ1v) is 15.6. The molecule has 0 aliphatic carbocycles. The van der Waals surface area contributed by atoms with E-state index in [0.717, 1.165) is 19.3 Å². The number of rotatable bonds is 21. The highest BCUT2D eigenvalue weighted by Gasteiger charge is 2.22. The summed E-state index contributed by atoms with van der Waals surface area (Å²) in [5, 5.41) is 22.5. The van der Waals surface area contributed by atoms with Gasteiger partial charge >= 0.3 is 17.5 Å². The molecule has 0 saturated heterocycles. The van der Waals surface area contributed by atoms with Crippen molar-refractivity contribution in [2.75, 3.05) is 17.3 Å². The Hall–Kier alpha value is -4.59. The molecule has 45 heavy (non-hydrogen) atoms. The highest BCUT2D eigenvalue weighted by Crippen LogP contribution is 2.18. The fourth-order valence-corrected chi connectivity index (χ4v) is 4.84. The third-order valence-electron chi connectivity index (χ3n) is 7.34. The third kappa shape index (κ3) is 11.8. The highest BCUT2D eigenvalue weighted by molar-refractivity contribution is 5.97. The van der Waals surface area contributed by atoms with Crippen LogP contribution in [0.1, 0.15) is 100 Å². The zero-order valence-electron chi connectivity index (χ0n) is 25.8. The highest BCUT2D eigenvalue weighted by atomic mass is 16.4. The van der Waals surface area contributed by atoms with E-state index >= 15 is 0 Å². The molecule has 3 rings (SSSR count). The zero-order valence-corrected chi connectivity index (χ0v) is 25.8. The first kappa shape index (κ1) is 34.9. The molecule has 244 valence electrons. The van der Waals surface area contributed by atoms with Crippen LogP contribution >= 0.6 is 0 Å². The Kier molecular flexibility index (Phi) is 14.2. The van der Waals surface area contributed by atoms with Crippen molar-refractivity contribution >= 4 is 40.6 Å². The number of amides is 1. The lowest BCUT2D eigenvalue weighted by molar-refractivity contribution is -0.140. The molecule has 0 spiro atoms. The lowest BCUT2D eigenvalue weighted by atomic mass is 10.1. The van der Waals surface area contributed by atoms with E-state index in [1.54, 1.807) is 24.3 Å². The second-order valence-corrected chi connectivity index (χ2v) is 11.0. The van der Waals surface area contributed by atoms with Gasteiger partial charge in [0.1, 0.15) is 6.04 Å². The lowest BCUT2D eigenvalue weighted by Gasteiger charge is -2.26. The number of fused-ring (bicyclic) bond motifs is 1. The maximum absolute atomic E-state index is 12.7. The maximum atomic E-state index is 12.7. The molecule has 0 fully saturated rings. The van der Waals surface area contributed by atoms with Gasteiger partial charge in [-0.2, -0.15) is 4.98 Å². The quantitative estimate of drug-likeness (QED) is 0.0737. The summed E-state index contributed by atoms with van der Waals surface area (Å²) in [5.74, 6) is -3.13. The molecule has 0 bridgehead atoms. The van der Waals surface area contributed by atoms with E-state index in [1.165, 1.54) is 51.1 Å². The van der Waals surface area contributed by atoms with E-state index in [9.17, 15) is 24.3 Å². The Labute approximate surface area is 261 Å². The zero-order chi connectivity index (χ0) is 32.6. The SMILES string of the molecule is CCCCCCCCCCCCNN(Cc1cnc2[nH]c(N)nc(=O)c2n1)c1ccc(C(=O)N[C@@H](CCC(=O)O)C(=O)O)cc1. The van der Waals surface area contributed by atoms with E-state index in [2.05, 4.69) is 37.6 Å². The van der Waals surface area contributed by atoms with Gasteiger partial charge in [-0.25, -0.2) is 20.2 Å². The summed E-state index contributed by atoms with van der Waals surface area (Å²) < 4.78 is 0. The van der Waals surface area contributed by atoms with Crippen LogP contribution < -0.4 is 27.0 Å². The summed E-state index contributed by atoms with van der Waals surface area (Å²) >= 11 is 0. The van der Waals surface area contributed by atoms with Gasteiger partial charge in [0, 0.05) is 18.5 Å². The summed E-state index contributed by atoms with van der Waals surface area (Å²) in [7, 11) is 0. The number of anilines is 2. The Morgan fingerprint density at radius 2 is 1.60 bits per heavy atom. The van der Waals surface area contributed by atoms with Gasteiger partial charge in [-0.1, -0.05) is 64.7 Å². The first-order valence-electron chi connectivity index (χ1n) is 15.6. The largest absolute Gasteiger partial charge is 0.481 e. The number of aromatic amines is 1. The van der Waals surface area contributed by atoms with Gasteiger partial charge < -0.3 is 31.3 Å². The van der Waals surface area contributed by atoms with Crippen LogP contribution in [0.2, 0.25) is 0 Å². The molecule has 2 aromatic heterocycles. The molecule has 0 aliphatic heterocycles. The second-order valence-electron chi connectivity index (χ2n) is 11.0. The Balaban J connectivity index is 1.66. The number of aromatic nitrogens is 4. The number of nitrogen functional groups attached to an aromatic ring is 1. The van der Waals surface area contributed by atoms with Gasteiger partial charge in [0.25, 0.3) is 5.91 Å². The summed E-state index contributed by atoms with van der Waals surface area (Å²) in [6.07, 6.45) is 13.1. The summed E-state index contributed by atoms with van der Waals surface area (Å²) in [5.41, 5.74) is 10.2. The van der Waals surface area contributed by atoms with E-state index < -0.39 is 29.4 Å². The molecule has 14 heteroatoms. The van der Waals surface area contributed by atoms with Crippen molar-refractivity contribution < 1.29 is 24.6 Å². The minimum atomic E-state index is -1.33. The maximum Gasteiger partial charge on any atom is 0.326 e. The number of carbonyl (C=O) groups excluding carboxylic acids is 1. The van der Waals surface area contributed by atoms with E-state index in [1.807, 2.05) is 5.01 Å². The van der Waals surface area contributed by atoms with Crippen molar-refractivity contribution in [1.29, 1.82) is 0 Å². The number of H-pyrrole nitrogens is 1. The van der Waals surface area contributed by atoms with Crippen LogP contribution in [0.15, 0.2) is 35.3 Å². The Morgan fingerprint density at radius 1 is 0.956 bits per heavy atom. The number of nitrogens with one attached hydrogen (secondary N) is 3.